The van der Waals surface area contributed by atoms with Gasteiger partial charge in [0.05, 0.1) is 5.69 Å². The Hall–Kier alpha value is -1.33. The van der Waals surface area contributed by atoms with E-state index in [1.54, 1.807) is 6.07 Å². The molecule has 1 saturated heterocycles. The lowest BCUT2D eigenvalue weighted by Gasteiger charge is -2.24. The molecular weight excluding hydrogens is 247 g/mol. The van der Waals surface area contributed by atoms with Gasteiger partial charge in [0, 0.05) is 32.3 Å². The normalized spacial score (nSPS) is 16.2. The Balaban J connectivity index is 2.13. The predicted octanol–water partition coefficient (Wildman–Crippen LogP) is 2.00. The highest BCUT2D eigenvalue weighted by Crippen LogP contribution is 2.29. The Morgan fingerprint density at radius 1 is 1.32 bits per heavy atom. The molecule has 5 heteroatoms. The Labute approximate surface area is 113 Å². The summed E-state index contributed by atoms with van der Waals surface area (Å²) in [6.07, 6.45) is 1.04. The van der Waals surface area contributed by atoms with Gasteiger partial charge in [-0.25, -0.2) is 4.39 Å². The van der Waals surface area contributed by atoms with E-state index in [9.17, 15) is 4.39 Å². The van der Waals surface area contributed by atoms with Gasteiger partial charge in [-0.2, -0.15) is 0 Å². The number of halogens is 1. The van der Waals surface area contributed by atoms with Crippen LogP contribution in [0.3, 0.4) is 0 Å². The van der Waals surface area contributed by atoms with Gasteiger partial charge in [-0.3, -0.25) is 0 Å². The van der Waals surface area contributed by atoms with Gasteiger partial charge in [0.1, 0.15) is 11.6 Å². The van der Waals surface area contributed by atoms with Crippen LogP contribution in [0.25, 0.3) is 0 Å². The van der Waals surface area contributed by atoms with Gasteiger partial charge in [0.25, 0.3) is 0 Å². The minimum atomic E-state index is -0.240. The van der Waals surface area contributed by atoms with Crippen molar-refractivity contribution in [2.45, 2.75) is 13.3 Å². The Morgan fingerprint density at radius 3 is 3.05 bits per heavy atom. The lowest BCUT2D eigenvalue weighted by Crippen LogP contribution is -2.28. The van der Waals surface area contributed by atoms with Gasteiger partial charge in [0.2, 0.25) is 0 Å². The van der Waals surface area contributed by atoms with Crippen LogP contribution in [0.5, 0.6) is 5.75 Å². The van der Waals surface area contributed by atoms with E-state index in [4.69, 9.17) is 9.47 Å². The van der Waals surface area contributed by atoms with Gasteiger partial charge >= 0.3 is 0 Å². The smallest absolute Gasteiger partial charge is 0.189 e. The molecule has 0 spiro atoms. The first-order valence-electron chi connectivity index (χ1n) is 6.77. The maximum absolute atomic E-state index is 13.5. The van der Waals surface area contributed by atoms with Crippen LogP contribution in [0.4, 0.5) is 10.1 Å². The molecule has 0 amide bonds. The number of benzene rings is 1. The maximum atomic E-state index is 13.5. The number of nitrogens with zero attached hydrogens (tertiary/aromatic N) is 1. The highest BCUT2D eigenvalue weighted by Gasteiger charge is 2.15. The molecule has 0 saturated carbocycles. The van der Waals surface area contributed by atoms with Crippen molar-refractivity contribution in [1.29, 1.82) is 0 Å². The standard InChI is InChI=1S/C14H21FN2O2/c1-2-18-11-19-14-5-4-12(15)10-13(14)17-8-3-6-16-7-9-17/h4-5,10,16H,2-3,6-9,11H2,1H3. The highest BCUT2D eigenvalue weighted by atomic mass is 19.1. The monoisotopic (exact) mass is 268 g/mol. The summed E-state index contributed by atoms with van der Waals surface area (Å²) in [5.74, 6) is 0.438. The van der Waals surface area contributed by atoms with Crippen molar-refractivity contribution in [3.8, 4) is 5.75 Å². The molecule has 1 aromatic rings. The fraction of sp³-hybridized carbons (Fsp3) is 0.571. The lowest BCUT2D eigenvalue weighted by molar-refractivity contribution is 0.0226. The molecule has 0 unspecified atom stereocenters. The van der Waals surface area contributed by atoms with Gasteiger partial charge in [-0.1, -0.05) is 0 Å². The number of nitrogens with one attached hydrogen (secondary N) is 1. The summed E-state index contributed by atoms with van der Waals surface area (Å²) in [7, 11) is 0. The largest absolute Gasteiger partial charge is 0.465 e. The molecule has 1 N–H and O–H groups in total. The molecule has 106 valence electrons. The van der Waals surface area contributed by atoms with E-state index in [0.29, 0.717) is 12.4 Å². The number of hydrogen-bond acceptors (Lipinski definition) is 4. The van der Waals surface area contributed by atoms with E-state index in [1.807, 2.05) is 6.92 Å². The summed E-state index contributed by atoms with van der Waals surface area (Å²) in [6, 6.07) is 4.62. The number of hydrogen-bond donors (Lipinski definition) is 1. The topological polar surface area (TPSA) is 33.7 Å². The van der Waals surface area contributed by atoms with Crippen molar-refractivity contribution in [3.63, 3.8) is 0 Å². The molecule has 0 radical (unpaired) electrons. The zero-order valence-corrected chi connectivity index (χ0v) is 11.3. The second-order valence-corrected chi connectivity index (χ2v) is 4.46. The third-order valence-electron chi connectivity index (χ3n) is 3.10. The molecule has 19 heavy (non-hydrogen) atoms. The van der Waals surface area contributed by atoms with Gasteiger partial charge in [0.15, 0.2) is 6.79 Å². The average molecular weight is 268 g/mol. The predicted molar refractivity (Wildman–Crippen MR) is 73.2 cm³/mol. The summed E-state index contributed by atoms with van der Waals surface area (Å²) in [4.78, 5) is 2.16. The van der Waals surface area contributed by atoms with Crippen molar-refractivity contribution in [2.24, 2.45) is 0 Å². The number of ether oxygens (including phenoxy) is 2. The lowest BCUT2D eigenvalue weighted by atomic mass is 10.2. The van der Waals surface area contributed by atoms with Gasteiger partial charge in [-0.05, 0) is 32.0 Å². The fourth-order valence-corrected chi connectivity index (χ4v) is 2.13. The first-order chi connectivity index (χ1) is 9.31. The van der Waals surface area contributed by atoms with Crippen LogP contribution < -0.4 is 15.0 Å². The molecule has 1 aliphatic rings. The molecule has 0 aliphatic carbocycles. The van der Waals surface area contributed by atoms with Crippen LogP contribution in [0.2, 0.25) is 0 Å². The molecule has 1 aliphatic heterocycles. The highest BCUT2D eigenvalue weighted by molar-refractivity contribution is 5.58. The van der Waals surface area contributed by atoms with Crippen molar-refractivity contribution in [1.82, 2.24) is 5.32 Å². The molecule has 1 heterocycles. The van der Waals surface area contributed by atoms with Crippen molar-refractivity contribution in [3.05, 3.63) is 24.0 Å². The maximum Gasteiger partial charge on any atom is 0.189 e. The second-order valence-electron chi connectivity index (χ2n) is 4.46. The van der Waals surface area contributed by atoms with Crippen LogP contribution >= 0.6 is 0 Å². The number of anilines is 1. The minimum absolute atomic E-state index is 0.196. The van der Waals surface area contributed by atoms with Crippen LogP contribution in [0, 0.1) is 5.82 Å². The second kappa shape index (κ2) is 7.31. The van der Waals surface area contributed by atoms with Crippen LogP contribution in [0.1, 0.15) is 13.3 Å². The van der Waals surface area contributed by atoms with E-state index in [0.717, 1.165) is 38.3 Å². The van der Waals surface area contributed by atoms with Crippen LogP contribution in [0.15, 0.2) is 18.2 Å². The van der Waals surface area contributed by atoms with E-state index in [2.05, 4.69) is 10.2 Å². The molecule has 4 nitrogen and oxygen atoms in total. The average Bonchev–Trinajstić information content (AvgIpc) is 2.69. The molecule has 1 fully saturated rings. The van der Waals surface area contributed by atoms with E-state index < -0.39 is 0 Å². The fourth-order valence-electron chi connectivity index (χ4n) is 2.13. The molecule has 0 aromatic heterocycles. The summed E-state index contributed by atoms with van der Waals surface area (Å²) in [5.41, 5.74) is 0.809. The Kier molecular flexibility index (Phi) is 5.42. The Morgan fingerprint density at radius 2 is 2.21 bits per heavy atom. The van der Waals surface area contributed by atoms with Crippen molar-refractivity contribution >= 4 is 5.69 Å². The summed E-state index contributed by atoms with van der Waals surface area (Å²) >= 11 is 0. The molecule has 0 atom stereocenters. The van der Waals surface area contributed by atoms with Gasteiger partial charge < -0.3 is 19.7 Å². The third kappa shape index (κ3) is 4.08. The van der Waals surface area contributed by atoms with E-state index >= 15 is 0 Å². The van der Waals surface area contributed by atoms with E-state index in [-0.39, 0.29) is 12.6 Å². The quantitative estimate of drug-likeness (QED) is 0.654. The Bertz CT molecular complexity index is 393. The zero-order valence-electron chi connectivity index (χ0n) is 11.3. The molecule has 2 rings (SSSR count). The molecule has 0 bridgehead atoms. The molecular formula is C14H21FN2O2. The SMILES string of the molecule is CCOCOc1ccc(F)cc1N1CCCNCC1. The van der Waals surface area contributed by atoms with Crippen molar-refractivity contribution < 1.29 is 13.9 Å². The third-order valence-corrected chi connectivity index (χ3v) is 3.10. The first kappa shape index (κ1) is 14.1. The molecule has 1 aromatic carbocycles. The van der Waals surface area contributed by atoms with Crippen LogP contribution in [-0.4, -0.2) is 39.6 Å². The first-order valence-corrected chi connectivity index (χ1v) is 6.77. The van der Waals surface area contributed by atoms with E-state index in [1.165, 1.54) is 12.1 Å². The zero-order chi connectivity index (χ0) is 13.5. The van der Waals surface area contributed by atoms with Crippen LogP contribution in [-0.2, 0) is 4.74 Å². The van der Waals surface area contributed by atoms with Crippen molar-refractivity contribution in [2.75, 3.05) is 44.5 Å². The minimum Gasteiger partial charge on any atom is -0.465 e. The summed E-state index contributed by atoms with van der Waals surface area (Å²) < 4.78 is 24.2. The summed E-state index contributed by atoms with van der Waals surface area (Å²) in [6.45, 7) is 6.37. The number of rotatable bonds is 5. The van der Waals surface area contributed by atoms with Gasteiger partial charge in [-0.15, -0.1) is 0 Å². The summed E-state index contributed by atoms with van der Waals surface area (Å²) in [5, 5.41) is 3.33.